The van der Waals surface area contributed by atoms with Crippen LogP contribution in [0.3, 0.4) is 0 Å². The van der Waals surface area contributed by atoms with Gasteiger partial charge < -0.3 is 29.7 Å². The van der Waals surface area contributed by atoms with Crippen molar-refractivity contribution in [3.8, 4) is 0 Å². The SMILES string of the molecule is CNC(c1ccccc1)C(OC)C(=O)OC1CC2(O)[C@@H](C)C3C4(O)COC4CC[C@@]3(C)C(=O)[C@H](C)C(=C1C)C2(C)C.[Ac]. The monoisotopic (exact) mass is 796 g/mol. The standard InChI is InChI=1S/C33H47NO7.Ac/c1-18-22(41-29(36)26(39-8)25(34-7)21-12-10-9-11-13-21)16-33(38)20(3)27-31(6,15-14-23-32(27,37)17-40-23)28(35)19(2)24(18)30(33,4)5;/h9-13,19-20,22-23,25-27,34,37-38H,14-17H2,1-8H3;/t19-,20+,22?,23?,25?,26?,27?,31-,32?,33?;/m1./s1. The van der Waals surface area contributed by atoms with E-state index in [0.717, 1.165) is 16.7 Å². The molecule has 1 aliphatic heterocycles. The first-order chi connectivity index (χ1) is 19.2. The molecule has 8 nitrogen and oxygen atoms in total. The molecule has 4 aliphatic rings. The number of ketones is 1. The summed E-state index contributed by atoms with van der Waals surface area (Å²) < 4.78 is 17.6. The van der Waals surface area contributed by atoms with Gasteiger partial charge in [0.05, 0.1) is 24.4 Å². The predicted octanol–water partition coefficient (Wildman–Crippen LogP) is 3.75. The van der Waals surface area contributed by atoms with Gasteiger partial charge in [0.1, 0.15) is 17.5 Å². The Balaban J connectivity index is 0.00000405. The first-order valence-corrected chi connectivity index (χ1v) is 15.0. The summed E-state index contributed by atoms with van der Waals surface area (Å²) in [5, 5.41) is 27.9. The van der Waals surface area contributed by atoms with Crippen LogP contribution in [0, 0.1) is 72.6 Å². The third-order valence-corrected chi connectivity index (χ3v) is 11.5. The van der Waals surface area contributed by atoms with E-state index in [4.69, 9.17) is 14.2 Å². The Morgan fingerprint density at radius 3 is 2.33 bits per heavy atom. The van der Waals surface area contributed by atoms with E-state index in [1.807, 2.05) is 71.9 Å². The van der Waals surface area contributed by atoms with Gasteiger partial charge in [0, 0.05) is 80.3 Å². The van der Waals surface area contributed by atoms with Gasteiger partial charge in [-0.2, -0.15) is 0 Å². The topological polar surface area (TPSA) is 114 Å². The van der Waals surface area contributed by atoms with Gasteiger partial charge in [-0.25, -0.2) is 4.79 Å². The zero-order valence-corrected chi connectivity index (χ0v) is 31.0. The minimum Gasteiger partial charge on any atom is -0.456 e. The second kappa shape index (κ2) is 11.9. The van der Waals surface area contributed by atoms with E-state index in [1.54, 1.807) is 7.05 Å². The van der Waals surface area contributed by atoms with Crippen LogP contribution in [0.5, 0.6) is 0 Å². The number of ether oxygens (including phenoxy) is 3. The number of esters is 1. The number of aliphatic hydroxyl groups is 2. The quantitative estimate of drug-likeness (QED) is 0.295. The average molecular weight is 797 g/mol. The molecule has 42 heavy (non-hydrogen) atoms. The summed E-state index contributed by atoms with van der Waals surface area (Å²) in [7, 11) is 3.25. The normalized spacial score (nSPS) is 40.2. The van der Waals surface area contributed by atoms with E-state index < -0.39 is 64.0 Å². The molecule has 3 aliphatic carbocycles. The molecule has 3 N–H and O–H groups in total. The third kappa shape index (κ3) is 4.84. The van der Waals surface area contributed by atoms with Crippen molar-refractivity contribution in [2.24, 2.45) is 28.6 Å². The maximum Gasteiger partial charge on any atom is 0.337 e. The van der Waals surface area contributed by atoms with Crippen LogP contribution in [0.4, 0.5) is 0 Å². The Morgan fingerprint density at radius 1 is 1.14 bits per heavy atom. The van der Waals surface area contributed by atoms with Gasteiger partial charge in [-0.1, -0.05) is 65.0 Å². The minimum absolute atomic E-state index is 0. The second-order valence-electron chi connectivity index (χ2n) is 13.7. The number of hydrogen-bond donors (Lipinski definition) is 3. The van der Waals surface area contributed by atoms with E-state index in [-0.39, 0.29) is 69.0 Å². The smallest absolute Gasteiger partial charge is 0.337 e. The number of methoxy groups -OCH3 is 1. The molecule has 229 valence electrons. The Hall–Kier alpha value is -0.658. The first-order valence-electron chi connectivity index (χ1n) is 15.0. The summed E-state index contributed by atoms with van der Waals surface area (Å²) in [5.41, 5.74) is -1.67. The molecule has 10 atom stereocenters. The molecule has 9 heteroatoms. The van der Waals surface area contributed by atoms with Crippen molar-refractivity contribution >= 4 is 11.8 Å². The van der Waals surface area contributed by atoms with Crippen molar-refractivity contribution in [1.82, 2.24) is 5.32 Å². The van der Waals surface area contributed by atoms with Gasteiger partial charge in [0.25, 0.3) is 0 Å². The molecular weight excluding hydrogens is 749 g/mol. The van der Waals surface area contributed by atoms with E-state index in [1.165, 1.54) is 7.11 Å². The van der Waals surface area contributed by atoms with E-state index >= 15 is 0 Å². The van der Waals surface area contributed by atoms with Crippen LogP contribution in [0.25, 0.3) is 0 Å². The Bertz CT molecular complexity index is 1240. The number of fused-ring (bicyclic) bond motifs is 5. The van der Waals surface area contributed by atoms with E-state index in [2.05, 4.69) is 5.32 Å². The molecule has 0 amide bonds. The van der Waals surface area contributed by atoms with Crippen LogP contribution in [0.15, 0.2) is 41.5 Å². The van der Waals surface area contributed by atoms with Crippen molar-refractivity contribution < 1.29 is 78.1 Å². The van der Waals surface area contributed by atoms with Crippen molar-refractivity contribution in [2.75, 3.05) is 20.8 Å². The maximum atomic E-state index is 14.4. The zero-order valence-electron chi connectivity index (χ0n) is 26.3. The van der Waals surface area contributed by atoms with Gasteiger partial charge >= 0.3 is 5.97 Å². The van der Waals surface area contributed by atoms with Gasteiger partial charge in [0.15, 0.2) is 6.10 Å². The van der Waals surface area contributed by atoms with Crippen LogP contribution in [0.1, 0.15) is 72.4 Å². The summed E-state index contributed by atoms with van der Waals surface area (Å²) >= 11 is 0. The summed E-state index contributed by atoms with van der Waals surface area (Å²) in [6.45, 7) is 11.9. The Kier molecular flexibility index (Phi) is 9.72. The second-order valence-corrected chi connectivity index (χ2v) is 13.7. The molecule has 5 rings (SSSR count). The summed E-state index contributed by atoms with van der Waals surface area (Å²) in [5.74, 6) is -1.98. The first kappa shape index (κ1) is 34.2. The number of rotatable bonds is 6. The maximum absolute atomic E-state index is 14.4. The average Bonchev–Trinajstić information content (AvgIpc) is 2.92. The molecule has 1 saturated heterocycles. The molecule has 1 aromatic rings. The molecule has 3 fully saturated rings. The van der Waals surface area contributed by atoms with Crippen molar-refractivity contribution in [2.45, 2.75) is 96.4 Å². The van der Waals surface area contributed by atoms with Crippen LogP contribution in [-0.4, -0.2) is 72.2 Å². The van der Waals surface area contributed by atoms with Gasteiger partial charge in [-0.3, -0.25) is 4.79 Å². The summed E-state index contributed by atoms with van der Waals surface area (Å²) in [6.07, 6.45) is -0.661. The van der Waals surface area contributed by atoms with Crippen LogP contribution < -0.4 is 5.32 Å². The number of carbonyl (C=O) groups is 2. The number of nitrogens with one attached hydrogen (secondary N) is 1. The van der Waals surface area contributed by atoms with Gasteiger partial charge in [-0.05, 0) is 49.4 Å². The van der Waals surface area contributed by atoms with Gasteiger partial charge in [0.2, 0.25) is 0 Å². The molecule has 1 radical (unpaired) electrons. The summed E-state index contributed by atoms with van der Waals surface area (Å²) in [4.78, 5) is 28.2. The Morgan fingerprint density at radius 2 is 1.79 bits per heavy atom. The molecule has 0 spiro atoms. The Labute approximate surface area is 285 Å². The van der Waals surface area contributed by atoms with Gasteiger partial charge in [-0.15, -0.1) is 0 Å². The number of hydrogen-bond acceptors (Lipinski definition) is 8. The van der Waals surface area contributed by atoms with Crippen molar-refractivity contribution in [3.05, 3.63) is 47.0 Å². The number of likely N-dealkylation sites (N-methyl/N-ethyl adjacent to an activating group) is 1. The molecular formula is C33H47AcNO7. The minimum atomic E-state index is -1.37. The van der Waals surface area contributed by atoms with E-state index in [0.29, 0.717) is 12.8 Å². The fourth-order valence-corrected chi connectivity index (χ4v) is 9.38. The third-order valence-electron chi connectivity index (χ3n) is 11.5. The van der Waals surface area contributed by atoms with Crippen molar-refractivity contribution in [3.63, 3.8) is 0 Å². The largest absolute Gasteiger partial charge is 0.456 e. The van der Waals surface area contributed by atoms with Crippen LogP contribution in [0.2, 0.25) is 0 Å². The molecule has 0 aromatic heterocycles. The van der Waals surface area contributed by atoms with E-state index in [9.17, 15) is 19.8 Å². The number of Topliss-reactive ketones (excluding diaryl/α,β-unsaturated/α-hetero) is 1. The molecule has 1 heterocycles. The zero-order chi connectivity index (χ0) is 30.1. The number of benzene rings is 1. The molecule has 2 bridgehead atoms. The van der Waals surface area contributed by atoms with Crippen LogP contribution in [-0.2, 0) is 23.8 Å². The fourth-order valence-electron chi connectivity index (χ4n) is 9.38. The molecule has 2 saturated carbocycles. The fraction of sp³-hybridized carbons (Fsp3) is 0.697. The van der Waals surface area contributed by atoms with Crippen molar-refractivity contribution in [1.29, 1.82) is 0 Å². The number of carbonyl (C=O) groups excluding carboxylic acids is 2. The summed E-state index contributed by atoms with van der Waals surface area (Å²) in [6, 6.07) is 9.14. The molecule has 7 unspecified atom stereocenters. The predicted molar refractivity (Wildman–Crippen MR) is 154 cm³/mol. The molecule has 1 aromatic carbocycles. The van der Waals surface area contributed by atoms with Crippen LogP contribution >= 0.6 is 0 Å².